The molecule has 2 heterocycles. The van der Waals surface area contributed by atoms with Gasteiger partial charge in [-0.3, -0.25) is 4.90 Å². The summed E-state index contributed by atoms with van der Waals surface area (Å²) in [6.45, 7) is 7.23. The summed E-state index contributed by atoms with van der Waals surface area (Å²) in [7, 11) is 0. The van der Waals surface area contributed by atoms with E-state index in [9.17, 15) is 3.89 Å². The third-order valence-corrected chi connectivity index (χ3v) is 4.38. The fourth-order valence-corrected chi connectivity index (χ4v) is 3.13. The minimum absolute atomic E-state index is 0.262. The molecule has 1 aromatic heterocycles. The van der Waals surface area contributed by atoms with Gasteiger partial charge in [0.1, 0.15) is 5.82 Å². The van der Waals surface area contributed by atoms with Crippen LogP contribution in [-0.2, 0) is 0 Å². The Bertz CT molecular complexity index is 668. The fourth-order valence-electron chi connectivity index (χ4n) is 2.84. The molecule has 0 saturated carbocycles. The number of fused-ring (bicyclic) bond motifs is 1. The van der Waals surface area contributed by atoms with Crippen LogP contribution in [0.2, 0.25) is 0 Å². The Balaban J connectivity index is 1.68. The molecule has 116 valence electrons. The fraction of sp³-hybridized carbons (Fsp3) is 0.353. The van der Waals surface area contributed by atoms with Gasteiger partial charge in [-0.05, 0) is 49.5 Å². The van der Waals surface area contributed by atoms with E-state index in [0.29, 0.717) is 4.90 Å². The highest BCUT2D eigenvalue weighted by Crippen LogP contribution is 2.25. The van der Waals surface area contributed by atoms with E-state index in [-0.39, 0.29) is 12.1 Å². The molecule has 3 nitrogen and oxygen atoms in total. The van der Waals surface area contributed by atoms with E-state index in [0.717, 1.165) is 41.9 Å². The number of nitrogens with zero attached hydrogens (tertiary/aromatic N) is 2. The molecular formula is C17H20FN3S. The largest absolute Gasteiger partial charge is 0.343 e. The average molecular weight is 317 g/mol. The molecule has 5 heteroatoms. The van der Waals surface area contributed by atoms with Crippen molar-refractivity contribution in [1.82, 2.24) is 9.88 Å². The predicted octanol–water partition coefficient (Wildman–Crippen LogP) is 4.62. The number of rotatable bonds is 5. The summed E-state index contributed by atoms with van der Waals surface area (Å²) in [5.74, 6) is 0.760. The quantitative estimate of drug-likeness (QED) is 0.871. The zero-order valence-electron chi connectivity index (χ0n) is 12.5. The predicted molar refractivity (Wildman–Crippen MR) is 91.8 cm³/mol. The van der Waals surface area contributed by atoms with E-state index in [1.54, 1.807) is 12.3 Å². The lowest BCUT2D eigenvalue weighted by molar-refractivity contribution is 0.247. The first kappa shape index (κ1) is 15.3. The Hall–Kier alpha value is -1.59. The maximum Gasteiger partial charge on any atom is 0.130 e. The van der Waals surface area contributed by atoms with Gasteiger partial charge in [0.15, 0.2) is 0 Å². The Kier molecular flexibility index (Phi) is 4.95. The monoisotopic (exact) mass is 317 g/mol. The van der Waals surface area contributed by atoms with Gasteiger partial charge in [-0.2, -0.15) is 3.89 Å². The summed E-state index contributed by atoms with van der Waals surface area (Å²) in [5.41, 5.74) is 0.949. The van der Waals surface area contributed by atoms with E-state index in [2.05, 4.69) is 21.8 Å². The molecule has 1 saturated heterocycles. The summed E-state index contributed by atoms with van der Waals surface area (Å²) in [6.07, 6.45) is 5.67. The second kappa shape index (κ2) is 7.11. The molecule has 0 amide bonds. The number of nitrogens with one attached hydrogen (secondary N) is 1. The third kappa shape index (κ3) is 3.78. The number of halogens is 1. The van der Waals surface area contributed by atoms with Gasteiger partial charge in [0.05, 0.1) is 12.1 Å². The molecule has 1 N–H and O–H groups in total. The molecule has 0 atom stereocenters. The van der Waals surface area contributed by atoms with Crippen LogP contribution in [0.25, 0.3) is 10.8 Å². The van der Waals surface area contributed by atoms with Crippen LogP contribution in [0.5, 0.6) is 0 Å². The van der Waals surface area contributed by atoms with Gasteiger partial charge in [-0.25, -0.2) is 4.98 Å². The number of pyridine rings is 1. The topological polar surface area (TPSA) is 28.2 Å². The Morgan fingerprint density at radius 2 is 2.05 bits per heavy atom. The van der Waals surface area contributed by atoms with E-state index >= 15 is 0 Å². The van der Waals surface area contributed by atoms with Crippen molar-refractivity contribution in [2.24, 2.45) is 0 Å². The minimum Gasteiger partial charge on any atom is -0.343 e. The minimum atomic E-state index is 0.262. The van der Waals surface area contributed by atoms with Crippen LogP contribution in [0.1, 0.15) is 19.3 Å². The number of anilines is 1. The summed E-state index contributed by atoms with van der Waals surface area (Å²) in [5, 5.41) is 5.25. The number of aromatic nitrogens is 1. The summed E-state index contributed by atoms with van der Waals surface area (Å²) in [4.78, 5) is 7.43. The van der Waals surface area contributed by atoms with E-state index in [1.165, 1.54) is 19.3 Å². The average Bonchev–Trinajstić information content (AvgIpc) is 2.55. The highest BCUT2D eigenvalue weighted by Gasteiger charge is 2.11. The number of benzene rings is 1. The van der Waals surface area contributed by atoms with E-state index < -0.39 is 0 Å². The maximum atomic E-state index is 12.7. The zero-order chi connectivity index (χ0) is 15.4. The van der Waals surface area contributed by atoms with Gasteiger partial charge >= 0.3 is 0 Å². The van der Waals surface area contributed by atoms with Crippen molar-refractivity contribution < 1.29 is 3.89 Å². The van der Waals surface area contributed by atoms with Crippen LogP contribution in [0, 0.1) is 0 Å². The molecule has 1 fully saturated rings. The second-order valence-electron chi connectivity index (χ2n) is 5.72. The maximum absolute atomic E-state index is 12.7. The molecule has 1 aliphatic rings. The molecule has 22 heavy (non-hydrogen) atoms. The van der Waals surface area contributed by atoms with Crippen molar-refractivity contribution in [1.29, 1.82) is 0 Å². The summed E-state index contributed by atoms with van der Waals surface area (Å²) in [6, 6.07) is 7.42. The Morgan fingerprint density at radius 1 is 1.23 bits per heavy atom. The lowest BCUT2D eigenvalue weighted by atomic mass is 10.1. The first-order valence-corrected chi connectivity index (χ1v) is 8.32. The Labute approximate surface area is 134 Å². The molecule has 0 bridgehead atoms. The van der Waals surface area contributed by atoms with Crippen LogP contribution in [0.3, 0.4) is 0 Å². The first-order chi connectivity index (χ1) is 10.7. The third-order valence-electron chi connectivity index (χ3n) is 3.95. The van der Waals surface area contributed by atoms with Crippen molar-refractivity contribution in [3.8, 4) is 0 Å². The summed E-state index contributed by atoms with van der Waals surface area (Å²) >= 11 is 0.262. The molecule has 0 aliphatic carbocycles. The van der Waals surface area contributed by atoms with Crippen LogP contribution in [-0.4, -0.2) is 29.5 Å². The van der Waals surface area contributed by atoms with Crippen LogP contribution in [0.15, 0.2) is 47.6 Å². The lowest BCUT2D eigenvalue weighted by Gasteiger charge is -2.27. The van der Waals surface area contributed by atoms with Gasteiger partial charge < -0.3 is 5.32 Å². The molecule has 2 aromatic rings. The van der Waals surface area contributed by atoms with Gasteiger partial charge in [0.2, 0.25) is 0 Å². The number of hydrogen-bond acceptors (Lipinski definition) is 4. The number of likely N-dealkylation sites (tertiary alicyclic amines) is 1. The van der Waals surface area contributed by atoms with Gasteiger partial charge in [-0.15, -0.1) is 0 Å². The highest BCUT2D eigenvalue weighted by molar-refractivity contribution is 7.94. The molecular weight excluding hydrogens is 297 g/mol. The van der Waals surface area contributed by atoms with Gasteiger partial charge in [-0.1, -0.05) is 19.1 Å². The molecule has 0 unspecified atom stereocenters. The molecule has 0 radical (unpaired) electrons. The first-order valence-electron chi connectivity index (χ1n) is 7.60. The zero-order valence-corrected chi connectivity index (χ0v) is 13.3. The van der Waals surface area contributed by atoms with Crippen LogP contribution < -0.4 is 5.32 Å². The molecule has 3 rings (SSSR count). The SMILES string of the molecule is C=C(CN1CCCCC1)Nc1cc2cc(SF)ccc2cn1. The lowest BCUT2D eigenvalue weighted by Crippen LogP contribution is -2.32. The van der Waals surface area contributed by atoms with E-state index in [1.807, 2.05) is 18.2 Å². The molecule has 1 aliphatic heterocycles. The van der Waals surface area contributed by atoms with Crippen molar-refractivity contribution in [2.45, 2.75) is 24.2 Å². The number of piperidine rings is 1. The van der Waals surface area contributed by atoms with Gasteiger partial charge in [0.25, 0.3) is 0 Å². The van der Waals surface area contributed by atoms with Gasteiger partial charge in [0, 0.05) is 28.7 Å². The van der Waals surface area contributed by atoms with Crippen molar-refractivity contribution in [2.75, 3.05) is 25.0 Å². The van der Waals surface area contributed by atoms with Crippen LogP contribution in [0.4, 0.5) is 9.70 Å². The summed E-state index contributed by atoms with van der Waals surface area (Å²) < 4.78 is 12.7. The van der Waals surface area contributed by atoms with E-state index in [4.69, 9.17) is 0 Å². The smallest absolute Gasteiger partial charge is 0.130 e. The second-order valence-corrected chi connectivity index (χ2v) is 6.35. The number of hydrogen-bond donors (Lipinski definition) is 1. The van der Waals surface area contributed by atoms with Crippen LogP contribution >= 0.6 is 12.1 Å². The highest BCUT2D eigenvalue weighted by atomic mass is 32.2. The van der Waals surface area contributed by atoms with Crippen molar-refractivity contribution in [3.05, 3.63) is 42.7 Å². The standard InChI is InChI=1S/C17H20FN3S/c1-13(12-21-7-3-2-4-8-21)20-17-10-15-9-16(22-18)6-5-14(15)11-19-17/h5-6,9-11H,1-4,7-8,12H2,(H,19,20). The van der Waals surface area contributed by atoms with Crippen molar-refractivity contribution >= 4 is 28.7 Å². The molecule has 1 aromatic carbocycles. The Morgan fingerprint density at radius 3 is 2.82 bits per heavy atom. The normalized spacial score (nSPS) is 15.9. The molecule has 0 spiro atoms. The van der Waals surface area contributed by atoms with Crippen molar-refractivity contribution in [3.63, 3.8) is 0 Å².